The van der Waals surface area contributed by atoms with Gasteiger partial charge in [-0.05, 0) is 75.1 Å². The molecule has 0 aliphatic heterocycles. The highest BCUT2D eigenvalue weighted by Crippen LogP contribution is 2.19. The van der Waals surface area contributed by atoms with Crippen LogP contribution in [0.15, 0.2) is 30.5 Å². The van der Waals surface area contributed by atoms with Gasteiger partial charge in [-0.25, -0.2) is 14.4 Å². The van der Waals surface area contributed by atoms with Crippen LogP contribution in [0.4, 0.5) is 14.4 Å². The maximum Gasteiger partial charge on any atom is 0.315 e. The number of primary amides is 1. The molecule has 0 aliphatic rings. The zero-order valence-corrected chi connectivity index (χ0v) is 29.0. The van der Waals surface area contributed by atoms with E-state index in [1.165, 1.54) is 0 Å². The average Bonchev–Trinajstić information content (AvgIpc) is 3.45. The maximum absolute atomic E-state index is 13.1. The van der Waals surface area contributed by atoms with Crippen molar-refractivity contribution in [3.63, 3.8) is 0 Å². The van der Waals surface area contributed by atoms with E-state index < -0.39 is 18.0 Å². The molecule has 14 heteroatoms. The molecule has 4 atom stereocenters. The van der Waals surface area contributed by atoms with Crippen LogP contribution in [0, 0.1) is 11.8 Å². The summed E-state index contributed by atoms with van der Waals surface area (Å²) in [6, 6.07) is 5.90. The number of aromatic nitrogens is 1. The molecule has 1 heterocycles. The summed E-state index contributed by atoms with van der Waals surface area (Å²) < 4.78 is 0. The predicted octanol–water partition coefficient (Wildman–Crippen LogP) is 2.53. The van der Waals surface area contributed by atoms with Gasteiger partial charge >= 0.3 is 18.1 Å². The van der Waals surface area contributed by atoms with Crippen LogP contribution in [0.25, 0.3) is 10.9 Å². The normalized spacial score (nSPS) is 13.7. The third kappa shape index (κ3) is 16.2. The number of carbonyl (C=O) groups is 4. The summed E-state index contributed by atoms with van der Waals surface area (Å²) in [5.74, 6) is 0.00903. The fourth-order valence-corrected chi connectivity index (χ4v) is 5.50. The molecule has 1 aromatic heterocycles. The zero-order valence-electron chi connectivity index (χ0n) is 29.0. The average molecular weight is 673 g/mol. The highest BCUT2D eigenvalue weighted by molar-refractivity contribution is 5.83. The SMILES string of the molecule is CC(C)[C@@H](CCC(N)=O)NC(=O)NC[C@H](CCCCN)NC(=O)NC[C@H](Cc1c[nH]c2ccccc12)NC(=O)NC[C@@H](C)CCCCN. The molecular weight excluding hydrogens is 612 g/mol. The molecule has 0 saturated carbocycles. The molecule has 0 bridgehead atoms. The maximum atomic E-state index is 13.1. The van der Waals surface area contributed by atoms with E-state index in [4.69, 9.17) is 17.2 Å². The molecule has 0 saturated heterocycles. The van der Waals surface area contributed by atoms with Gasteiger partial charge < -0.3 is 54.1 Å². The molecule has 2 aromatic rings. The van der Waals surface area contributed by atoms with E-state index in [9.17, 15) is 19.2 Å². The van der Waals surface area contributed by atoms with Crippen molar-refractivity contribution in [2.24, 2.45) is 29.0 Å². The minimum Gasteiger partial charge on any atom is -0.370 e. The lowest BCUT2D eigenvalue weighted by atomic mass is 9.99. The number of carbonyl (C=O) groups excluding carboxylic acids is 4. The monoisotopic (exact) mass is 672 g/mol. The second-order valence-electron chi connectivity index (χ2n) is 13.1. The summed E-state index contributed by atoms with van der Waals surface area (Å²) in [4.78, 5) is 53.3. The van der Waals surface area contributed by atoms with Crippen molar-refractivity contribution >= 4 is 34.9 Å². The first-order chi connectivity index (χ1) is 23.0. The largest absolute Gasteiger partial charge is 0.370 e. The van der Waals surface area contributed by atoms with Crippen LogP contribution in [0.1, 0.15) is 77.7 Å². The Kier molecular flexibility index (Phi) is 18.8. The summed E-state index contributed by atoms with van der Waals surface area (Å²) in [6.07, 6.45) is 8.19. The predicted molar refractivity (Wildman–Crippen MR) is 191 cm³/mol. The van der Waals surface area contributed by atoms with E-state index in [-0.39, 0.29) is 49.6 Å². The number of hydrogen-bond donors (Lipinski definition) is 10. The molecule has 270 valence electrons. The third-order valence-electron chi connectivity index (χ3n) is 8.42. The van der Waals surface area contributed by atoms with Crippen LogP contribution in [0.5, 0.6) is 0 Å². The summed E-state index contributed by atoms with van der Waals surface area (Å²) in [7, 11) is 0. The van der Waals surface area contributed by atoms with Crippen LogP contribution in [-0.4, -0.2) is 79.8 Å². The second-order valence-corrected chi connectivity index (χ2v) is 13.1. The lowest BCUT2D eigenvalue weighted by Crippen LogP contribution is -2.53. The Morgan fingerprint density at radius 2 is 1.31 bits per heavy atom. The van der Waals surface area contributed by atoms with Gasteiger partial charge in [-0.15, -0.1) is 0 Å². The van der Waals surface area contributed by atoms with Crippen molar-refractivity contribution < 1.29 is 19.2 Å². The topological polar surface area (TPSA) is 234 Å². The van der Waals surface area contributed by atoms with Gasteiger partial charge in [-0.3, -0.25) is 4.79 Å². The molecule has 1 aromatic carbocycles. The molecular formula is C34H60N10O4. The first-order valence-electron chi connectivity index (χ1n) is 17.4. The Labute approximate surface area is 285 Å². The fraction of sp³-hybridized carbons (Fsp3) is 0.647. The number of urea groups is 3. The molecule has 14 nitrogen and oxygen atoms in total. The van der Waals surface area contributed by atoms with Crippen molar-refractivity contribution in [3.05, 3.63) is 36.0 Å². The molecule has 2 rings (SSSR count). The summed E-state index contributed by atoms with van der Waals surface area (Å²) in [6.45, 7) is 8.14. The molecule has 7 amide bonds. The van der Waals surface area contributed by atoms with Gasteiger partial charge in [-0.2, -0.15) is 0 Å². The second kappa shape index (κ2) is 22.5. The Balaban J connectivity index is 2.00. The minimum absolute atomic E-state index is 0.108. The van der Waals surface area contributed by atoms with E-state index >= 15 is 0 Å². The first-order valence-corrected chi connectivity index (χ1v) is 17.4. The summed E-state index contributed by atoms with van der Waals surface area (Å²) in [5.41, 5.74) is 18.6. The van der Waals surface area contributed by atoms with Crippen LogP contribution in [0.2, 0.25) is 0 Å². The number of benzene rings is 1. The molecule has 0 radical (unpaired) electrons. The van der Waals surface area contributed by atoms with Gasteiger partial charge in [0, 0.05) is 55.2 Å². The standard InChI is InChI=1S/C34H60N10O4/c1-23(2)29(14-15-31(37)45)44-34(48)40-21-26(11-7-9-17-36)42-33(47)41-22-27(18-25-20-38-30-13-5-4-12-28(25)30)43-32(46)39-19-24(3)10-6-8-16-35/h4-5,12-13,20,23-24,26-27,29,38H,6-11,14-19,21-22,35-36H2,1-3H3,(H2,37,45)(H2,39,43,46)(H2,40,44,48)(H2,41,42,47)/t24-,26-,27-,29+/m0/s1. The van der Waals surface area contributed by atoms with Crippen molar-refractivity contribution in [3.8, 4) is 0 Å². The van der Waals surface area contributed by atoms with Crippen LogP contribution in [0.3, 0.4) is 0 Å². The van der Waals surface area contributed by atoms with Gasteiger partial charge in [0.05, 0.1) is 6.04 Å². The van der Waals surface area contributed by atoms with Gasteiger partial charge in [0.25, 0.3) is 0 Å². The van der Waals surface area contributed by atoms with Gasteiger partial charge in [-0.1, -0.05) is 51.8 Å². The molecule has 0 aliphatic carbocycles. The smallest absolute Gasteiger partial charge is 0.315 e. The number of fused-ring (bicyclic) bond motifs is 1. The number of nitrogens with two attached hydrogens (primary N) is 3. The molecule has 0 unspecified atom stereocenters. The van der Waals surface area contributed by atoms with Gasteiger partial charge in [0.2, 0.25) is 5.91 Å². The number of nitrogens with one attached hydrogen (secondary N) is 7. The number of aromatic amines is 1. The fourth-order valence-electron chi connectivity index (χ4n) is 5.50. The number of amides is 7. The first kappa shape index (κ1) is 40.1. The lowest BCUT2D eigenvalue weighted by Gasteiger charge is -2.25. The van der Waals surface area contributed by atoms with Crippen molar-refractivity contribution in [2.75, 3.05) is 32.7 Å². The summed E-state index contributed by atoms with van der Waals surface area (Å²) >= 11 is 0. The third-order valence-corrected chi connectivity index (χ3v) is 8.42. The Bertz CT molecular complexity index is 1250. The summed E-state index contributed by atoms with van der Waals surface area (Å²) in [5, 5.41) is 18.7. The Morgan fingerprint density at radius 1 is 0.729 bits per heavy atom. The van der Waals surface area contributed by atoms with E-state index in [0.717, 1.165) is 48.6 Å². The Hall–Kier alpha value is -4.04. The Morgan fingerprint density at radius 3 is 1.96 bits per heavy atom. The van der Waals surface area contributed by atoms with E-state index in [1.54, 1.807) is 0 Å². The van der Waals surface area contributed by atoms with Crippen LogP contribution >= 0.6 is 0 Å². The van der Waals surface area contributed by atoms with E-state index in [2.05, 4.69) is 43.8 Å². The molecule has 13 N–H and O–H groups in total. The lowest BCUT2D eigenvalue weighted by molar-refractivity contribution is -0.118. The number of hydrogen-bond acceptors (Lipinski definition) is 6. The number of H-pyrrole nitrogens is 1. The number of unbranched alkanes of at least 4 members (excludes halogenated alkanes) is 2. The van der Waals surface area contributed by atoms with Crippen molar-refractivity contribution in [1.29, 1.82) is 0 Å². The quantitative estimate of drug-likeness (QED) is 0.0796. The van der Waals surface area contributed by atoms with Crippen LogP contribution in [-0.2, 0) is 11.2 Å². The number of para-hydroxylation sites is 1. The zero-order chi connectivity index (χ0) is 35.3. The van der Waals surface area contributed by atoms with E-state index in [1.807, 2.05) is 44.3 Å². The van der Waals surface area contributed by atoms with E-state index in [0.29, 0.717) is 44.8 Å². The molecule has 0 fully saturated rings. The highest BCUT2D eigenvalue weighted by atomic mass is 16.2. The van der Waals surface area contributed by atoms with Gasteiger partial charge in [0.15, 0.2) is 0 Å². The van der Waals surface area contributed by atoms with Crippen molar-refractivity contribution in [2.45, 2.75) is 96.7 Å². The minimum atomic E-state index is -0.416. The molecule has 0 spiro atoms. The van der Waals surface area contributed by atoms with Gasteiger partial charge in [0.1, 0.15) is 0 Å². The van der Waals surface area contributed by atoms with Crippen LogP contribution < -0.4 is 49.1 Å². The number of rotatable bonds is 23. The highest BCUT2D eigenvalue weighted by Gasteiger charge is 2.21. The molecule has 48 heavy (non-hydrogen) atoms. The van der Waals surface area contributed by atoms with Crippen molar-refractivity contribution in [1.82, 2.24) is 36.9 Å².